The Labute approximate surface area is 207 Å². The Bertz CT molecular complexity index is 1490. The van der Waals surface area contributed by atoms with E-state index in [1.807, 2.05) is 26.1 Å². The number of nitrogens with one attached hydrogen (secondary N) is 1. The number of halogens is 1. The van der Waals surface area contributed by atoms with Crippen LogP contribution in [0.2, 0.25) is 5.15 Å². The molecule has 174 valence electrons. The van der Waals surface area contributed by atoms with Gasteiger partial charge in [0.1, 0.15) is 17.0 Å². The molecule has 9 nitrogen and oxygen atoms in total. The van der Waals surface area contributed by atoms with Crippen LogP contribution in [0.1, 0.15) is 22.3 Å². The van der Waals surface area contributed by atoms with Crippen molar-refractivity contribution in [3.05, 3.63) is 76.3 Å². The zero-order valence-corrected chi connectivity index (χ0v) is 19.9. The minimum Gasteiger partial charge on any atom is -0.310 e. The first-order valence-electron chi connectivity index (χ1n) is 11.0. The van der Waals surface area contributed by atoms with Crippen molar-refractivity contribution in [3.63, 3.8) is 0 Å². The van der Waals surface area contributed by atoms with Crippen molar-refractivity contribution in [2.45, 2.75) is 19.8 Å². The van der Waals surface area contributed by atoms with Crippen molar-refractivity contribution in [1.82, 2.24) is 24.7 Å². The van der Waals surface area contributed by atoms with E-state index in [0.29, 0.717) is 40.9 Å². The second-order valence-corrected chi connectivity index (χ2v) is 8.62. The zero-order chi connectivity index (χ0) is 24.5. The van der Waals surface area contributed by atoms with Crippen molar-refractivity contribution in [1.29, 1.82) is 5.26 Å². The van der Waals surface area contributed by atoms with Gasteiger partial charge < -0.3 is 10.2 Å². The number of anilines is 3. The summed E-state index contributed by atoms with van der Waals surface area (Å²) >= 11 is 6.15. The predicted octanol–water partition coefficient (Wildman–Crippen LogP) is 3.98. The fourth-order valence-corrected chi connectivity index (χ4v) is 4.42. The minimum absolute atomic E-state index is 0.118. The summed E-state index contributed by atoms with van der Waals surface area (Å²) in [6, 6.07) is 11.4. The van der Waals surface area contributed by atoms with E-state index in [-0.39, 0.29) is 12.3 Å². The fraction of sp³-hybridized carbons (Fsp3) is 0.200. The second kappa shape index (κ2) is 9.16. The van der Waals surface area contributed by atoms with Crippen LogP contribution in [0, 0.1) is 18.3 Å². The van der Waals surface area contributed by atoms with E-state index in [1.54, 1.807) is 46.4 Å². The summed E-state index contributed by atoms with van der Waals surface area (Å²) in [5.41, 5.74) is 5.08. The summed E-state index contributed by atoms with van der Waals surface area (Å²) in [5, 5.41) is 17.6. The van der Waals surface area contributed by atoms with Crippen molar-refractivity contribution in [3.8, 4) is 17.3 Å². The fourth-order valence-electron chi connectivity index (χ4n) is 4.23. The number of amides is 1. The Morgan fingerprint density at radius 3 is 2.86 bits per heavy atom. The summed E-state index contributed by atoms with van der Waals surface area (Å²) in [4.78, 5) is 27.9. The van der Waals surface area contributed by atoms with E-state index in [2.05, 4.69) is 26.5 Å². The molecule has 3 aromatic heterocycles. The number of benzene rings is 1. The molecule has 0 spiro atoms. The average Bonchev–Trinajstić information content (AvgIpc) is 3.47. The van der Waals surface area contributed by atoms with Crippen molar-refractivity contribution < 1.29 is 4.79 Å². The number of nitrogens with zero attached hydrogens (tertiary/aromatic N) is 7. The molecule has 1 aliphatic rings. The topological polar surface area (TPSA) is 113 Å². The highest BCUT2D eigenvalue weighted by atomic mass is 35.5. The van der Waals surface area contributed by atoms with Crippen LogP contribution in [0.15, 0.2) is 48.9 Å². The summed E-state index contributed by atoms with van der Waals surface area (Å²) in [6.45, 7) is 2.43. The maximum Gasteiger partial charge on any atom is 0.231 e. The Balaban J connectivity index is 1.48. The molecule has 0 unspecified atom stereocenters. The predicted molar refractivity (Wildman–Crippen MR) is 132 cm³/mol. The van der Waals surface area contributed by atoms with Gasteiger partial charge in [-0.25, -0.2) is 15.0 Å². The molecular formula is C25H21ClN8O. The molecule has 0 saturated carbocycles. The highest BCUT2D eigenvalue weighted by Gasteiger charge is 2.29. The molecule has 0 bridgehead atoms. The molecule has 0 fully saturated rings. The maximum absolute atomic E-state index is 13.1. The van der Waals surface area contributed by atoms with Gasteiger partial charge in [0.25, 0.3) is 0 Å². The lowest BCUT2D eigenvalue weighted by molar-refractivity contribution is -0.117. The number of carbonyl (C=O) groups is 1. The monoisotopic (exact) mass is 484 g/mol. The Hall–Kier alpha value is -4.29. The van der Waals surface area contributed by atoms with Gasteiger partial charge in [-0.3, -0.25) is 9.48 Å². The summed E-state index contributed by atoms with van der Waals surface area (Å²) in [5.74, 6) is 1.07. The highest BCUT2D eigenvalue weighted by molar-refractivity contribution is 6.30. The number of rotatable bonds is 5. The number of aromatic nitrogens is 5. The number of aryl methyl sites for hydroxylation is 2. The number of carbonyl (C=O) groups excluding carboxylic acids is 1. The largest absolute Gasteiger partial charge is 0.310 e. The molecule has 0 aliphatic carbocycles. The molecule has 1 aromatic carbocycles. The standard InChI is InChI=1S/C25H21ClN8O/c1-15-14-29-25(31-20-5-8-30-33(20)2)32-22(15)18-10-16-6-9-34(23(16)19(11-18)13-27)21(35)12-17-4-3-7-28-24(17)26/h3-5,7-8,10-11,14H,6,9,12H2,1-2H3,(H,29,31,32). The average molecular weight is 485 g/mol. The lowest BCUT2D eigenvalue weighted by Gasteiger charge is -2.19. The molecular weight excluding hydrogens is 464 g/mol. The SMILES string of the molecule is Cc1cnc(Nc2ccnn2C)nc1-c1cc(C#N)c2c(c1)CCN2C(=O)Cc1cccnc1Cl. The quantitative estimate of drug-likeness (QED) is 0.426. The van der Waals surface area contributed by atoms with E-state index in [4.69, 9.17) is 16.6 Å². The van der Waals surface area contributed by atoms with Crippen LogP contribution < -0.4 is 10.2 Å². The number of pyridine rings is 1. The Kier molecular flexibility index (Phi) is 5.89. The third-order valence-electron chi connectivity index (χ3n) is 5.97. The van der Waals surface area contributed by atoms with Gasteiger partial charge in [0.15, 0.2) is 0 Å². The molecule has 5 rings (SSSR count). The molecule has 1 amide bonds. The van der Waals surface area contributed by atoms with Crippen molar-refractivity contribution in [2.75, 3.05) is 16.8 Å². The van der Waals surface area contributed by atoms with Gasteiger partial charge in [0, 0.05) is 37.6 Å². The first-order valence-corrected chi connectivity index (χ1v) is 11.4. The summed E-state index contributed by atoms with van der Waals surface area (Å²) < 4.78 is 1.69. The normalized spacial score (nSPS) is 12.3. The van der Waals surface area contributed by atoms with Crippen LogP contribution >= 0.6 is 11.6 Å². The van der Waals surface area contributed by atoms with Crippen LogP contribution in [-0.4, -0.2) is 37.2 Å². The lowest BCUT2D eigenvalue weighted by Crippen LogP contribution is -2.31. The molecule has 4 aromatic rings. The molecule has 1 aliphatic heterocycles. The maximum atomic E-state index is 13.1. The third-order valence-corrected chi connectivity index (χ3v) is 6.31. The summed E-state index contributed by atoms with van der Waals surface area (Å²) in [6.07, 6.45) is 5.78. The van der Waals surface area contributed by atoms with Gasteiger partial charge in [-0.1, -0.05) is 17.7 Å². The highest BCUT2D eigenvalue weighted by Crippen LogP contribution is 2.37. The first kappa shape index (κ1) is 22.5. The van der Waals surface area contributed by atoms with Gasteiger partial charge in [-0.2, -0.15) is 10.4 Å². The zero-order valence-electron chi connectivity index (χ0n) is 19.2. The van der Waals surface area contributed by atoms with Crippen LogP contribution in [0.25, 0.3) is 11.3 Å². The lowest BCUT2D eigenvalue weighted by atomic mass is 9.99. The van der Waals surface area contributed by atoms with Gasteiger partial charge in [0.2, 0.25) is 11.9 Å². The minimum atomic E-state index is -0.121. The molecule has 1 N–H and O–H groups in total. The van der Waals surface area contributed by atoms with Crippen molar-refractivity contribution >= 4 is 35.0 Å². The molecule has 4 heterocycles. The van der Waals surface area contributed by atoms with Crippen LogP contribution in [0.5, 0.6) is 0 Å². The van der Waals surface area contributed by atoms with E-state index in [9.17, 15) is 10.1 Å². The van der Waals surface area contributed by atoms with E-state index in [0.717, 1.165) is 28.2 Å². The van der Waals surface area contributed by atoms with Crippen LogP contribution in [0.4, 0.5) is 17.5 Å². The van der Waals surface area contributed by atoms with Gasteiger partial charge >= 0.3 is 0 Å². The van der Waals surface area contributed by atoms with E-state index < -0.39 is 0 Å². The molecule has 10 heteroatoms. The molecule has 35 heavy (non-hydrogen) atoms. The Morgan fingerprint density at radius 2 is 2.11 bits per heavy atom. The number of hydrogen-bond donors (Lipinski definition) is 1. The van der Waals surface area contributed by atoms with Gasteiger partial charge in [-0.15, -0.1) is 0 Å². The first-order chi connectivity index (χ1) is 16.9. The van der Waals surface area contributed by atoms with E-state index >= 15 is 0 Å². The molecule has 0 atom stereocenters. The van der Waals surface area contributed by atoms with Crippen LogP contribution in [0.3, 0.4) is 0 Å². The van der Waals surface area contributed by atoms with Gasteiger partial charge in [0.05, 0.1) is 29.6 Å². The smallest absolute Gasteiger partial charge is 0.231 e. The second-order valence-electron chi connectivity index (χ2n) is 8.26. The third kappa shape index (κ3) is 4.32. The number of hydrogen-bond acceptors (Lipinski definition) is 7. The summed E-state index contributed by atoms with van der Waals surface area (Å²) in [7, 11) is 1.83. The Morgan fingerprint density at radius 1 is 1.26 bits per heavy atom. The molecule has 0 radical (unpaired) electrons. The molecule has 0 saturated heterocycles. The van der Waals surface area contributed by atoms with E-state index in [1.165, 1.54) is 0 Å². The van der Waals surface area contributed by atoms with Crippen LogP contribution in [-0.2, 0) is 24.7 Å². The van der Waals surface area contributed by atoms with Crippen molar-refractivity contribution in [2.24, 2.45) is 7.05 Å². The number of fused-ring (bicyclic) bond motifs is 1. The van der Waals surface area contributed by atoms with Gasteiger partial charge in [-0.05, 0) is 48.2 Å². The number of nitriles is 1.